The van der Waals surface area contributed by atoms with Gasteiger partial charge in [-0.3, -0.25) is 9.59 Å². The van der Waals surface area contributed by atoms with Crippen molar-refractivity contribution in [3.8, 4) is 11.5 Å². The number of phenolic OH excluding ortho intramolecular Hbond substituents is 2. The zero-order chi connectivity index (χ0) is 25.9. The number of hydrogen-bond donors (Lipinski definition) is 3. The van der Waals surface area contributed by atoms with Crippen molar-refractivity contribution >= 4 is 34.5 Å². The molecule has 0 aliphatic rings. The summed E-state index contributed by atoms with van der Waals surface area (Å²) in [6, 6.07) is 2.45. The van der Waals surface area contributed by atoms with Gasteiger partial charge in [0.25, 0.3) is 5.91 Å². The minimum Gasteiger partial charge on any atom is -0.504 e. The summed E-state index contributed by atoms with van der Waals surface area (Å²) < 4.78 is 5.80. The van der Waals surface area contributed by atoms with Crippen LogP contribution >= 0.6 is 22.6 Å². The van der Waals surface area contributed by atoms with Gasteiger partial charge in [0.1, 0.15) is 0 Å². The Morgan fingerprint density at radius 3 is 2.09 bits per heavy atom. The third-order valence-electron chi connectivity index (χ3n) is 5.94. The number of rotatable bonds is 19. The Kier molecular flexibility index (Phi) is 17.3. The quantitative estimate of drug-likeness (QED) is 0.0503. The highest BCUT2D eigenvalue weighted by Crippen LogP contribution is 2.32. The molecule has 1 atom stereocenters. The van der Waals surface area contributed by atoms with Gasteiger partial charge in [0, 0.05) is 9.99 Å². The van der Waals surface area contributed by atoms with E-state index in [-0.39, 0.29) is 24.1 Å². The van der Waals surface area contributed by atoms with Gasteiger partial charge in [-0.25, -0.2) is 0 Å². The van der Waals surface area contributed by atoms with Crippen LogP contribution in [0.15, 0.2) is 24.3 Å². The van der Waals surface area contributed by atoms with E-state index in [9.17, 15) is 19.8 Å². The number of aromatic hydroxyl groups is 2. The topological polar surface area (TPSA) is 95.9 Å². The third-order valence-corrected chi connectivity index (χ3v) is 6.88. The number of amides is 1. The van der Waals surface area contributed by atoms with Gasteiger partial charge < -0.3 is 20.3 Å². The summed E-state index contributed by atoms with van der Waals surface area (Å²) in [6.45, 7) is 3.69. The van der Waals surface area contributed by atoms with E-state index in [4.69, 9.17) is 4.74 Å². The second-order valence-electron chi connectivity index (χ2n) is 9.15. The van der Waals surface area contributed by atoms with Crippen molar-refractivity contribution in [3.63, 3.8) is 0 Å². The summed E-state index contributed by atoms with van der Waals surface area (Å²) in [7, 11) is 0. The predicted molar refractivity (Wildman–Crippen MR) is 149 cm³/mol. The van der Waals surface area contributed by atoms with Crippen molar-refractivity contribution in [2.24, 2.45) is 0 Å². The molecule has 1 unspecified atom stereocenters. The van der Waals surface area contributed by atoms with E-state index < -0.39 is 11.9 Å². The Hall–Kier alpha value is -1.77. The van der Waals surface area contributed by atoms with Crippen LogP contribution in [0, 0.1) is 3.57 Å². The van der Waals surface area contributed by atoms with Crippen molar-refractivity contribution in [2.45, 2.75) is 110 Å². The standard InChI is InChI=1S/C28H44INO5/c1-3-4-5-6-7-8-9-10-11-12-13-14-15-16-17-18-28(34)35-21-27(33)30-22(2)23-19-25(31)26(32)20-24(23)29/h10-11,19-20,22,31-32H,3-9,12-18,21H2,1-2H3,(H,30,33)/b11-10-. The Bertz CT molecular complexity index is 781. The molecule has 0 heterocycles. The molecule has 1 aromatic carbocycles. The first-order valence-corrected chi connectivity index (χ1v) is 14.2. The molecule has 0 saturated heterocycles. The fraction of sp³-hybridized carbons (Fsp3) is 0.643. The lowest BCUT2D eigenvalue weighted by molar-refractivity contribution is -0.148. The number of halogens is 1. The molecule has 6 nitrogen and oxygen atoms in total. The molecule has 7 heteroatoms. The number of phenols is 2. The first-order chi connectivity index (χ1) is 16.8. The van der Waals surface area contributed by atoms with E-state index in [0.717, 1.165) is 25.7 Å². The van der Waals surface area contributed by atoms with Crippen LogP contribution < -0.4 is 5.32 Å². The maximum absolute atomic E-state index is 12.1. The molecule has 1 amide bonds. The van der Waals surface area contributed by atoms with Gasteiger partial charge in [-0.2, -0.15) is 0 Å². The number of hydrogen-bond acceptors (Lipinski definition) is 5. The molecule has 0 bridgehead atoms. The second-order valence-corrected chi connectivity index (χ2v) is 10.3. The molecule has 1 rings (SSSR count). The van der Waals surface area contributed by atoms with E-state index in [1.54, 1.807) is 6.92 Å². The van der Waals surface area contributed by atoms with Crippen LogP contribution in [0.2, 0.25) is 0 Å². The molecule has 198 valence electrons. The molecule has 1 aromatic rings. The highest BCUT2D eigenvalue weighted by Gasteiger charge is 2.16. The minimum absolute atomic E-state index is 0.207. The minimum atomic E-state index is -0.404. The molecule has 0 spiro atoms. The Balaban J connectivity index is 2.03. The van der Waals surface area contributed by atoms with Gasteiger partial charge in [-0.15, -0.1) is 0 Å². The maximum Gasteiger partial charge on any atom is 0.306 e. The fourth-order valence-corrected chi connectivity index (χ4v) is 4.74. The van der Waals surface area contributed by atoms with Crippen molar-refractivity contribution in [1.29, 1.82) is 0 Å². The van der Waals surface area contributed by atoms with Gasteiger partial charge in [-0.05, 0) is 79.3 Å². The highest BCUT2D eigenvalue weighted by atomic mass is 127. The first-order valence-electron chi connectivity index (χ1n) is 13.2. The zero-order valence-corrected chi connectivity index (χ0v) is 23.6. The largest absolute Gasteiger partial charge is 0.504 e. The number of carbonyl (C=O) groups is 2. The van der Waals surface area contributed by atoms with Crippen LogP contribution in [0.25, 0.3) is 0 Å². The normalized spacial score (nSPS) is 12.1. The number of esters is 1. The fourth-order valence-electron chi connectivity index (χ4n) is 3.82. The molecule has 0 radical (unpaired) electrons. The molecule has 0 aromatic heterocycles. The van der Waals surface area contributed by atoms with Crippen molar-refractivity contribution in [1.82, 2.24) is 5.32 Å². The Morgan fingerprint density at radius 2 is 1.46 bits per heavy atom. The molecule has 3 N–H and O–H groups in total. The van der Waals surface area contributed by atoms with Gasteiger partial charge in [0.15, 0.2) is 18.1 Å². The van der Waals surface area contributed by atoms with Crippen molar-refractivity contribution < 1.29 is 24.5 Å². The monoisotopic (exact) mass is 601 g/mol. The summed E-state index contributed by atoms with van der Waals surface area (Å²) in [6.07, 6.45) is 20.6. The molecule has 0 aliphatic carbocycles. The smallest absolute Gasteiger partial charge is 0.306 e. The highest BCUT2D eigenvalue weighted by molar-refractivity contribution is 14.1. The average Bonchev–Trinajstić information content (AvgIpc) is 2.82. The SMILES string of the molecule is CCCCCCCC/C=C\CCCCCCCC(=O)OCC(=O)NC(C)c1cc(O)c(O)cc1I. The van der Waals surface area contributed by atoms with Gasteiger partial charge >= 0.3 is 5.97 Å². The summed E-state index contributed by atoms with van der Waals surface area (Å²) in [5, 5.41) is 22.0. The van der Waals surface area contributed by atoms with Gasteiger partial charge in [0.05, 0.1) is 6.04 Å². The number of ether oxygens (including phenoxy) is 1. The number of allylic oxidation sites excluding steroid dienone is 2. The lowest BCUT2D eigenvalue weighted by Crippen LogP contribution is -2.31. The second kappa shape index (κ2) is 19.4. The van der Waals surface area contributed by atoms with Crippen LogP contribution in [-0.2, 0) is 14.3 Å². The molecular weight excluding hydrogens is 557 g/mol. The molecular formula is C28H44INO5. The summed E-state index contributed by atoms with van der Waals surface area (Å²) in [5.41, 5.74) is 0.675. The first kappa shape index (κ1) is 31.3. The number of benzene rings is 1. The lowest BCUT2D eigenvalue weighted by Gasteiger charge is -2.16. The van der Waals surface area contributed by atoms with E-state index in [0.29, 0.717) is 15.6 Å². The van der Waals surface area contributed by atoms with E-state index in [1.807, 2.05) is 22.6 Å². The zero-order valence-electron chi connectivity index (χ0n) is 21.5. The number of nitrogens with one attached hydrogen (secondary N) is 1. The summed E-state index contributed by atoms with van der Waals surface area (Å²) >= 11 is 2.03. The third kappa shape index (κ3) is 15.1. The van der Waals surface area contributed by atoms with Crippen LogP contribution in [0.1, 0.15) is 115 Å². The average molecular weight is 602 g/mol. The van der Waals surface area contributed by atoms with Crippen LogP contribution in [0.3, 0.4) is 0 Å². The lowest BCUT2D eigenvalue weighted by atomic mass is 10.1. The predicted octanol–water partition coefficient (Wildman–Crippen LogP) is 7.46. The number of carbonyl (C=O) groups excluding carboxylic acids is 2. The van der Waals surface area contributed by atoms with Crippen LogP contribution in [0.5, 0.6) is 11.5 Å². The van der Waals surface area contributed by atoms with Crippen LogP contribution in [0.4, 0.5) is 0 Å². The van der Waals surface area contributed by atoms with Crippen molar-refractivity contribution in [3.05, 3.63) is 33.4 Å². The molecule has 0 fully saturated rings. The summed E-state index contributed by atoms with van der Waals surface area (Å²) in [4.78, 5) is 24.0. The maximum atomic E-state index is 12.1. The van der Waals surface area contributed by atoms with Gasteiger partial charge in [0.2, 0.25) is 0 Å². The molecule has 0 aliphatic heterocycles. The van der Waals surface area contributed by atoms with E-state index in [2.05, 4.69) is 24.4 Å². The Morgan fingerprint density at radius 1 is 0.914 bits per heavy atom. The van der Waals surface area contributed by atoms with Crippen LogP contribution in [-0.4, -0.2) is 28.7 Å². The van der Waals surface area contributed by atoms with Crippen molar-refractivity contribution in [2.75, 3.05) is 6.61 Å². The van der Waals surface area contributed by atoms with E-state index in [1.165, 1.54) is 69.9 Å². The molecule has 0 saturated carbocycles. The number of unbranched alkanes of at least 4 members (excludes halogenated alkanes) is 11. The van der Waals surface area contributed by atoms with Gasteiger partial charge in [-0.1, -0.05) is 70.4 Å². The molecule has 35 heavy (non-hydrogen) atoms. The summed E-state index contributed by atoms with van der Waals surface area (Å²) in [5.74, 6) is -1.21. The Labute approximate surface area is 225 Å². The van der Waals surface area contributed by atoms with E-state index >= 15 is 0 Å².